The van der Waals surface area contributed by atoms with Crippen molar-refractivity contribution in [3.63, 3.8) is 0 Å². The van der Waals surface area contributed by atoms with E-state index in [1.54, 1.807) is 6.33 Å². The van der Waals surface area contributed by atoms with Gasteiger partial charge in [-0.1, -0.05) is 12.2 Å². The number of aromatic amines is 2. The zero-order chi connectivity index (χ0) is 9.68. The summed E-state index contributed by atoms with van der Waals surface area (Å²) in [6, 6.07) is 0. The van der Waals surface area contributed by atoms with Crippen molar-refractivity contribution in [3.05, 3.63) is 17.3 Å². The molecular formula is C5H4Cl2CuN4S. The molecule has 0 aliphatic carbocycles. The molecule has 0 aliphatic rings. The molecule has 2 heterocycles. The number of nitrogens with zero attached hydrogens (tertiary/aromatic N) is 2. The fourth-order valence-electron chi connectivity index (χ4n) is 0.783. The molecule has 0 fully saturated rings. The Morgan fingerprint density at radius 2 is 1.85 bits per heavy atom. The summed E-state index contributed by atoms with van der Waals surface area (Å²) in [6.07, 6.45) is 3.12. The van der Waals surface area contributed by atoms with Crippen LogP contribution >= 0.6 is 32.4 Å². The molecule has 0 bridgehead atoms. The summed E-state index contributed by atoms with van der Waals surface area (Å²) in [7, 11) is 9.34. The van der Waals surface area contributed by atoms with E-state index in [1.807, 2.05) is 0 Å². The van der Waals surface area contributed by atoms with Gasteiger partial charge in [0.1, 0.15) is 5.52 Å². The average Bonchev–Trinajstić information content (AvgIpc) is 2.54. The summed E-state index contributed by atoms with van der Waals surface area (Å²) >= 11 is 5.66. The Hall–Kier alpha value is -0.131. The molecule has 0 aliphatic heterocycles. The van der Waals surface area contributed by atoms with Gasteiger partial charge in [0.25, 0.3) is 0 Å². The van der Waals surface area contributed by atoms with Crippen molar-refractivity contribution in [2.24, 2.45) is 0 Å². The number of aromatic nitrogens is 4. The summed E-state index contributed by atoms with van der Waals surface area (Å²) in [5, 5.41) is 0. The molecule has 0 atom stereocenters. The Labute approximate surface area is 93.7 Å². The Morgan fingerprint density at radius 1 is 1.23 bits per heavy atom. The minimum atomic E-state index is 0.547. The van der Waals surface area contributed by atoms with E-state index >= 15 is 0 Å². The van der Waals surface area contributed by atoms with Gasteiger partial charge in [0.2, 0.25) is 0 Å². The molecule has 0 saturated carbocycles. The Morgan fingerprint density at radius 3 is 2.46 bits per heavy atom. The second kappa shape index (κ2) is 5.57. The van der Waals surface area contributed by atoms with Gasteiger partial charge in [-0.2, -0.15) is 0 Å². The first-order valence-corrected chi connectivity index (χ1v) is 5.97. The first-order valence-electron chi connectivity index (χ1n) is 2.97. The van der Waals surface area contributed by atoms with Gasteiger partial charge in [-0.25, -0.2) is 9.97 Å². The molecule has 75 valence electrons. The number of hydrogen-bond donors (Lipinski definition) is 2. The molecule has 0 saturated heterocycles. The third kappa shape index (κ3) is 2.93. The number of H-pyrrole nitrogens is 2. The molecule has 0 aromatic carbocycles. The van der Waals surface area contributed by atoms with Crippen molar-refractivity contribution < 1.29 is 13.1 Å². The molecule has 0 radical (unpaired) electrons. The van der Waals surface area contributed by atoms with Crippen LogP contribution in [0.15, 0.2) is 12.7 Å². The maximum atomic E-state index is 4.91. The predicted molar refractivity (Wildman–Crippen MR) is 50.8 cm³/mol. The standard InChI is InChI=1S/C5H4N4S.2ClH.Cu/c10-5-3-4(7-1-6-3)8-2-9-5;;;/h1-2H,(H2,6,7,8,9,10);2*1H;/q;;;+2/p-2. The third-order valence-electron chi connectivity index (χ3n) is 1.24. The molecule has 13 heavy (non-hydrogen) atoms. The van der Waals surface area contributed by atoms with Gasteiger partial charge in [0.15, 0.2) is 10.3 Å². The van der Waals surface area contributed by atoms with E-state index in [4.69, 9.17) is 12.2 Å². The second-order valence-corrected chi connectivity index (χ2v) is 3.82. The van der Waals surface area contributed by atoms with Crippen LogP contribution in [0.4, 0.5) is 0 Å². The predicted octanol–water partition coefficient (Wildman–Crippen LogP) is 2.39. The summed E-state index contributed by atoms with van der Waals surface area (Å²) in [6.45, 7) is 0. The van der Waals surface area contributed by atoms with E-state index in [1.165, 1.54) is 6.33 Å². The van der Waals surface area contributed by atoms with Gasteiger partial charge in [-0.15, -0.1) is 0 Å². The van der Waals surface area contributed by atoms with Gasteiger partial charge >= 0.3 is 33.3 Å². The Kier molecular flexibility index (Phi) is 4.69. The van der Waals surface area contributed by atoms with Gasteiger partial charge in [-0.3, -0.25) is 0 Å². The van der Waals surface area contributed by atoms with Crippen molar-refractivity contribution in [1.29, 1.82) is 0 Å². The van der Waals surface area contributed by atoms with Gasteiger partial charge in [-0.05, 0) is 0 Å². The minimum absolute atomic E-state index is 0.547. The van der Waals surface area contributed by atoms with Crippen molar-refractivity contribution in [3.8, 4) is 0 Å². The monoisotopic (exact) mass is 285 g/mol. The quantitative estimate of drug-likeness (QED) is 0.577. The van der Waals surface area contributed by atoms with Crippen LogP contribution in [-0.2, 0) is 13.1 Å². The Balaban J connectivity index is 0.000000251. The fraction of sp³-hybridized carbons (Fsp3) is 0. The molecule has 0 amide bonds. The Bertz CT molecular complexity index is 427. The van der Waals surface area contributed by atoms with E-state index in [2.05, 4.69) is 40.1 Å². The van der Waals surface area contributed by atoms with E-state index in [0.29, 0.717) is 4.64 Å². The summed E-state index contributed by atoms with van der Waals surface area (Å²) < 4.78 is 0.547. The van der Waals surface area contributed by atoms with E-state index < -0.39 is 0 Å². The molecule has 2 aromatic rings. The van der Waals surface area contributed by atoms with Crippen LogP contribution in [0.5, 0.6) is 0 Å². The topological polar surface area (TPSA) is 57.4 Å². The maximum absolute atomic E-state index is 4.91. The molecular weight excluding hydrogens is 283 g/mol. The molecule has 2 N–H and O–H groups in total. The van der Waals surface area contributed by atoms with Crippen LogP contribution in [0.25, 0.3) is 11.2 Å². The number of imidazole rings is 1. The summed E-state index contributed by atoms with van der Waals surface area (Å²) in [5.41, 5.74) is 1.54. The van der Waals surface area contributed by atoms with Crippen molar-refractivity contribution in [2.45, 2.75) is 0 Å². The van der Waals surface area contributed by atoms with Crippen LogP contribution < -0.4 is 0 Å². The van der Waals surface area contributed by atoms with Crippen molar-refractivity contribution in [1.82, 2.24) is 19.9 Å². The van der Waals surface area contributed by atoms with Crippen LogP contribution in [0.1, 0.15) is 0 Å². The van der Waals surface area contributed by atoms with Gasteiger partial charge in [0, 0.05) is 0 Å². The number of hydrogen-bond acceptors (Lipinski definition) is 3. The van der Waals surface area contributed by atoms with Crippen LogP contribution in [0, 0.1) is 4.64 Å². The molecule has 0 spiro atoms. The third-order valence-corrected chi connectivity index (χ3v) is 1.55. The summed E-state index contributed by atoms with van der Waals surface area (Å²) in [5.74, 6) is 0. The average molecular weight is 287 g/mol. The van der Waals surface area contributed by atoms with Crippen LogP contribution in [0.2, 0.25) is 0 Å². The summed E-state index contributed by atoms with van der Waals surface area (Å²) in [4.78, 5) is 13.6. The number of fused-ring (bicyclic) bond motifs is 1. The van der Waals surface area contributed by atoms with E-state index in [0.717, 1.165) is 24.3 Å². The zero-order valence-electron chi connectivity index (χ0n) is 6.01. The molecule has 2 aromatic heterocycles. The van der Waals surface area contributed by atoms with Crippen molar-refractivity contribution in [2.75, 3.05) is 0 Å². The number of nitrogens with one attached hydrogen (secondary N) is 2. The number of halogens is 2. The fourth-order valence-corrected chi connectivity index (χ4v) is 0.992. The van der Waals surface area contributed by atoms with E-state index in [9.17, 15) is 0 Å². The van der Waals surface area contributed by atoms with E-state index in [-0.39, 0.29) is 0 Å². The van der Waals surface area contributed by atoms with Crippen LogP contribution in [-0.4, -0.2) is 19.9 Å². The van der Waals surface area contributed by atoms with Gasteiger partial charge < -0.3 is 9.97 Å². The number of rotatable bonds is 0. The molecule has 8 heteroatoms. The van der Waals surface area contributed by atoms with Crippen molar-refractivity contribution >= 4 is 43.6 Å². The molecule has 2 rings (SSSR count). The first-order chi connectivity index (χ1) is 6.29. The van der Waals surface area contributed by atoms with Gasteiger partial charge in [0.05, 0.1) is 12.7 Å². The zero-order valence-corrected chi connectivity index (χ0v) is 9.28. The first kappa shape index (κ1) is 10.9. The van der Waals surface area contributed by atoms with Crippen LogP contribution in [0.3, 0.4) is 0 Å². The SMILES string of the molecule is S=c1nc[nH]c2nc[nH]c12.[Cl][Cu][Cl]. The molecule has 4 nitrogen and oxygen atoms in total. The molecule has 0 unspecified atom stereocenters. The normalized spacial score (nSPS) is 9.69. The second-order valence-electron chi connectivity index (χ2n) is 1.88.